The number of fused-ring (bicyclic) bond motifs is 3. The molecule has 0 heterocycles. The maximum atomic E-state index is 10.6. The smallest absolute Gasteiger partial charge is 1.00 e. The Labute approximate surface area is 182 Å². The molecule has 0 bridgehead atoms. The minimum atomic E-state index is -0.856. The van der Waals surface area contributed by atoms with Crippen LogP contribution in [0.4, 0.5) is 0 Å². The van der Waals surface area contributed by atoms with E-state index in [2.05, 4.69) is 48.5 Å². The van der Waals surface area contributed by atoms with Crippen LogP contribution in [0.5, 0.6) is 0 Å². The molecule has 4 rings (SSSR count). The van der Waals surface area contributed by atoms with E-state index in [0.717, 1.165) is 17.5 Å². The Hall–Kier alpha value is -1.09. The van der Waals surface area contributed by atoms with Crippen molar-refractivity contribution in [1.82, 2.24) is 0 Å². The van der Waals surface area contributed by atoms with Gasteiger partial charge >= 0.3 is 21.7 Å². The average molecular weight is 419 g/mol. The van der Waals surface area contributed by atoms with Gasteiger partial charge in [0.15, 0.2) is 0 Å². The van der Waals surface area contributed by atoms with Gasteiger partial charge in [-0.3, -0.25) is 0 Å². The molecule has 0 aromatic heterocycles. The molecule has 0 fully saturated rings. The van der Waals surface area contributed by atoms with E-state index in [4.69, 9.17) is 0 Å². The second-order valence-corrected chi connectivity index (χ2v) is 6.77. The molecule has 0 unspecified atom stereocenters. The van der Waals surface area contributed by atoms with Crippen molar-refractivity contribution >= 4 is 0 Å². The van der Waals surface area contributed by atoms with Crippen molar-refractivity contribution in [3.63, 3.8) is 0 Å². The van der Waals surface area contributed by atoms with Crippen LogP contribution in [0.25, 0.3) is 22.3 Å². The molecular formula is C22H20Cl2OTi. The summed E-state index contributed by atoms with van der Waals surface area (Å²) in [6, 6.07) is 23.3. The summed E-state index contributed by atoms with van der Waals surface area (Å²) in [5.74, 6) is 0. The first kappa shape index (κ1) is 23.0. The number of rotatable bonds is 2. The Balaban J connectivity index is 0.00000113. The van der Waals surface area contributed by atoms with Gasteiger partial charge in [0, 0.05) is 0 Å². The van der Waals surface area contributed by atoms with E-state index in [9.17, 15) is 5.11 Å². The van der Waals surface area contributed by atoms with Crippen molar-refractivity contribution in [3.8, 4) is 22.3 Å². The van der Waals surface area contributed by atoms with Crippen LogP contribution in [0.15, 0.2) is 66.7 Å². The van der Waals surface area contributed by atoms with E-state index in [-0.39, 0.29) is 46.5 Å². The summed E-state index contributed by atoms with van der Waals surface area (Å²) in [6.07, 6.45) is 0.960. The molecule has 26 heavy (non-hydrogen) atoms. The molecule has 0 aliphatic heterocycles. The van der Waals surface area contributed by atoms with Gasteiger partial charge in [0.2, 0.25) is 0 Å². The quantitative estimate of drug-likeness (QED) is 0.421. The Morgan fingerprint density at radius 2 is 1.19 bits per heavy atom. The van der Waals surface area contributed by atoms with E-state index in [1.807, 2.05) is 32.0 Å². The minimum Gasteiger partial charge on any atom is -1.00 e. The number of hydrogen-bond donors (Lipinski definition) is 1. The van der Waals surface area contributed by atoms with Crippen LogP contribution in [-0.4, -0.2) is 5.11 Å². The van der Waals surface area contributed by atoms with Crippen LogP contribution in [0.3, 0.4) is 0 Å². The largest absolute Gasteiger partial charge is 2.00 e. The van der Waals surface area contributed by atoms with E-state index in [0.29, 0.717) is 0 Å². The molecule has 132 valence electrons. The zero-order valence-corrected chi connectivity index (χ0v) is 17.8. The van der Waals surface area contributed by atoms with E-state index >= 15 is 0 Å². The van der Waals surface area contributed by atoms with E-state index in [1.54, 1.807) is 0 Å². The second-order valence-electron chi connectivity index (χ2n) is 6.77. The van der Waals surface area contributed by atoms with Crippen LogP contribution < -0.4 is 24.8 Å². The predicted octanol–water partition coefficient (Wildman–Crippen LogP) is -0.842. The monoisotopic (exact) mass is 418 g/mol. The van der Waals surface area contributed by atoms with Crippen LogP contribution >= 0.6 is 0 Å². The number of aliphatic hydroxyl groups is 1. The molecule has 3 aromatic rings. The van der Waals surface area contributed by atoms with Crippen molar-refractivity contribution in [2.75, 3.05) is 0 Å². The summed E-state index contributed by atoms with van der Waals surface area (Å²) < 4.78 is 0. The maximum Gasteiger partial charge on any atom is 2.00 e. The molecule has 0 saturated carbocycles. The van der Waals surface area contributed by atoms with Crippen LogP contribution in [-0.2, 0) is 33.7 Å². The number of halogens is 2. The van der Waals surface area contributed by atoms with Gasteiger partial charge in [-0.1, -0.05) is 66.7 Å². The van der Waals surface area contributed by atoms with Crippen LogP contribution in [0.2, 0.25) is 0 Å². The Morgan fingerprint density at radius 1 is 0.692 bits per heavy atom. The topological polar surface area (TPSA) is 20.2 Å². The summed E-state index contributed by atoms with van der Waals surface area (Å²) in [5.41, 5.74) is 7.89. The fourth-order valence-electron chi connectivity index (χ4n) is 3.66. The van der Waals surface area contributed by atoms with Gasteiger partial charge in [-0.05, 0) is 59.2 Å². The van der Waals surface area contributed by atoms with Crippen LogP contribution in [0, 0.1) is 0 Å². The average Bonchev–Trinajstić information content (AvgIpc) is 2.93. The third-order valence-electron chi connectivity index (χ3n) is 4.73. The summed E-state index contributed by atoms with van der Waals surface area (Å²) in [5, 5.41) is 10.6. The molecule has 0 amide bonds. The van der Waals surface area contributed by atoms with E-state index < -0.39 is 5.60 Å². The van der Waals surface area contributed by atoms with Gasteiger partial charge in [-0.25, -0.2) is 0 Å². The molecule has 0 spiro atoms. The molecule has 0 saturated heterocycles. The normalized spacial score (nSPS) is 11.3. The molecular weight excluding hydrogens is 399 g/mol. The summed E-state index contributed by atoms with van der Waals surface area (Å²) in [4.78, 5) is 0. The summed E-state index contributed by atoms with van der Waals surface area (Å²) in [6.45, 7) is 3.70. The Kier molecular flexibility index (Phi) is 7.71. The molecule has 1 aliphatic carbocycles. The van der Waals surface area contributed by atoms with Crippen molar-refractivity contribution < 1.29 is 51.6 Å². The van der Waals surface area contributed by atoms with Crippen molar-refractivity contribution in [3.05, 3.63) is 83.4 Å². The van der Waals surface area contributed by atoms with E-state index in [1.165, 1.54) is 27.8 Å². The zero-order valence-electron chi connectivity index (χ0n) is 14.8. The first-order valence-electron chi connectivity index (χ1n) is 8.08. The second kappa shape index (κ2) is 8.74. The van der Waals surface area contributed by atoms with Gasteiger partial charge in [0.1, 0.15) is 0 Å². The predicted molar refractivity (Wildman–Crippen MR) is 95.4 cm³/mol. The molecule has 1 N–H and O–H groups in total. The standard InChI is InChI=1S/C22H20O.2ClH.Ti/c1-22(2,23)21-13-6-5-10-19(21)18-12-7-11-17-16-9-4-3-8-15(16)14-20(17)18;;;/h3-13,23H,14H2,1-2H3;2*1H;/q;;;+2/p-2. The SMILES string of the molecule is CC(C)(O)c1ccccc1-c1cccc2c1Cc1ccccc1-2.[Cl-].[Cl-].[Ti+2]. The van der Waals surface area contributed by atoms with Gasteiger partial charge in [-0.2, -0.15) is 0 Å². The van der Waals surface area contributed by atoms with Gasteiger partial charge in [0.25, 0.3) is 0 Å². The molecule has 0 atom stereocenters. The molecule has 4 heteroatoms. The van der Waals surface area contributed by atoms with Crippen LogP contribution in [0.1, 0.15) is 30.5 Å². The van der Waals surface area contributed by atoms with Gasteiger partial charge in [0.05, 0.1) is 5.60 Å². The first-order valence-corrected chi connectivity index (χ1v) is 8.08. The minimum absolute atomic E-state index is 0. The number of benzene rings is 3. The molecule has 0 radical (unpaired) electrons. The first-order chi connectivity index (χ1) is 11.1. The fraction of sp³-hybridized carbons (Fsp3) is 0.182. The summed E-state index contributed by atoms with van der Waals surface area (Å²) in [7, 11) is 0. The van der Waals surface area contributed by atoms with Gasteiger partial charge < -0.3 is 29.9 Å². The summed E-state index contributed by atoms with van der Waals surface area (Å²) >= 11 is 0. The van der Waals surface area contributed by atoms with Crippen molar-refractivity contribution in [1.29, 1.82) is 0 Å². The van der Waals surface area contributed by atoms with Gasteiger partial charge in [-0.15, -0.1) is 0 Å². The van der Waals surface area contributed by atoms with Crippen molar-refractivity contribution in [2.45, 2.75) is 25.9 Å². The Bertz CT molecular complexity index is 901. The molecule has 1 aliphatic rings. The molecule has 3 aromatic carbocycles. The fourth-order valence-corrected chi connectivity index (χ4v) is 3.66. The third kappa shape index (κ3) is 3.93. The molecule has 1 nitrogen and oxygen atoms in total. The maximum absolute atomic E-state index is 10.6. The third-order valence-corrected chi connectivity index (χ3v) is 4.73. The Morgan fingerprint density at radius 3 is 1.85 bits per heavy atom. The number of hydrogen-bond acceptors (Lipinski definition) is 1. The zero-order chi connectivity index (χ0) is 16.0. The van der Waals surface area contributed by atoms with Crippen molar-refractivity contribution in [2.24, 2.45) is 0 Å².